The summed E-state index contributed by atoms with van der Waals surface area (Å²) in [6.45, 7) is 2.25. The zero-order chi connectivity index (χ0) is 13.0. The van der Waals surface area contributed by atoms with Gasteiger partial charge in [-0.1, -0.05) is 6.07 Å². The number of aromatic nitrogens is 2. The minimum Gasteiger partial charge on any atom is -0.368 e. The Morgan fingerprint density at radius 1 is 1.56 bits per heavy atom. The molecular formula is C12H14N4OS. The molecule has 0 fully saturated rings. The number of carbonyl (C=O) groups excluding carboxylic acids is 1. The van der Waals surface area contributed by atoms with E-state index in [2.05, 4.69) is 15.3 Å². The predicted octanol–water partition coefficient (Wildman–Crippen LogP) is 1.17. The summed E-state index contributed by atoms with van der Waals surface area (Å²) >= 11 is 1.53. The first kappa shape index (κ1) is 12.7. The molecule has 0 aliphatic heterocycles. The van der Waals surface area contributed by atoms with Gasteiger partial charge in [0, 0.05) is 18.1 Å². The molecule has 0 aliphatic carbocycles. The number of nitrogens with one attached hydrogen (secondary N) is 1. The van der Waals surface area contributed by atoms with Gasteiger partial charge in [-0.15, -0.1) is 11.3 Å². The van der Waals surface area contributed by atoms with E-state index in [0.29, 0.717) is 6.54 Å². The smallest absolute Gasteiger partial charge is 0.234 e. The van der Waals surface area contributed by atoms with E-state index >= 15 is 0 Å². The maximum absolute atomic E-state index is 10.9. The topological polar surface area (TPSA) is 80.9 Å². The lowest BCUT2D eigenvalue weighted by molar-refractivity contribution is -0.119. The van der Waals surface area contributed by atoms with E-state index < -0.39 is 0 Å². The SMILES string of the molecule is CC(NCc1csc(-c2ccccn2)n1)C(N)=O. The van der Waals surface area contributed by atoms with E-state index in [9.17, 15) is 4.79 Å². The van der Waals surface area contributed by atoms with Crippen molar-refractivity contribution in [2.24, 2.45) is 5.73 Å². The number of rotatable bonds is 5. The van der Waals surface area contributed by atoms with Crippen LogP contribution < -0.4 is 11.1 Å². The summed E-state index contributed by atoms with van der Waals surface area (Å²) in [6.07, 6.45) is 1.74. The largest absolute Gasteiger partial charge is 0.368 e. The average molecular weight is 262 g/mol. The summed E-state index contributed by atoms with van der Waals surface area (Å²) in [5.74, 6) is -0.366. The molecule has 0 saturated carbocycles. The minimum absolute atomic E-state index is 0.356. The fraction of sp³-hybridized carbons (Fsp3) is 0.250. The first-order valence-electron chi connectivity index (χ1n) is 5.55. The van der Waals surface area contributed by atoms with Gasteiger partial charge in [0.25, 0.3) is 0 Å². The standard InChI is InChI=1S/C12H14N4OS/c1-8(11(13)17)15-6-9-7-18-12(16-9)10-4-2-3-5-14-10/h2-5,7-8,15H,6H2,1H3,(H2,13,17). The molecule has 2 aromatic rings. The van der Waals surface area contributed by atoms with E-state index in [1.165, 1.54) is 11.3 Å². The lowest BCUT2D eigenvalue weighted by Gasteiger charge is -2.07. The number of nitrogens with two attached hydrogens (primary N) is 1. The third kappa shape index (κ3) is 3.12. The van der Waals surface area contributed by atoms with Crippen LogP contribution in [-0.4, -0.2) is 21.9 Å². The third-order valence-corrected chi connectivity index (χ3v) is 3.37. The highest BCUT2D eigenvalue weighted by Gasteiger charge is 2.09. The van der Waals surface area contributed by atoms with Crippen molar-refractivity contribution in [2.45, 2.75) is 19.5 Å². The first-order valence-corrected chi connectivity index (χ1v) is 6.43. The van der Waals surface area contributed by atoms with Gasteiger partial charge in [-0.3, -0.25) is 9.78 Å². The molecule has 0 spiro atoms. The van der Waals surface area contributed by atoms with Gasteiger partial charge in [-0.25, -0.2) is 4.98 Å². The van der Waals surface area contributed by atoms with Crippen LogP contribution >= 0.6 is 11.3 Å². The van der Waals surface area contributed by atoms with E-state index in [0.717, 1.165) is 16.4 Å². The summed E-state index contributed by atoms with van der Waals surface area (Å²) in [7, 11) is 0. The zero-order valence-electron chi connectivity index (χ0n) is 9.96. The summed E-state index contributed by atoms with van der Waals surface area (Å²) in [5.41, 5.74) is 6.91. The molecule has 0 saturated heterocycles. The molecule has 2 aromatic heterocycles. The van der Waals surface area contributed by atoms with Crippen LogP contribution in [0.1, 0.15) is 12.6 Å². The van der Waals surface area contributed by atoms with Crippen molar-refractivity contribution in [1.29, 1.82) is 0 Å². The van der Waals surface area contributed by atoms with Crippen LogP contribution in [0.2, 0.25) is 0 Å². The van der Waals surface area contributed by atoms with Crippen molar-refractivity contribution in [1.82, 2.24) is 15.3 Å². The number of hydrogen-bond donors (Lipinski definition) is 2. The van der Waals surface area contributed by atoms with Crippen LogP contribution in [0.15, 0.2) is 29.8 Å². The van der Waals surface area contributed by atoms with Crippen molar-refractivity contribution in [3.05, 3.63) is 35.5 Å². The van der Waals surface area contributed by atoms with E-state index in [1.54, 1.807) is 13.1 Å². The molecule has 1 amide bonds. The summed E-state index contributed by atoms with van der Waals surface area (Å²) in [6, 6.07) is 5.36. The molecular weight excluding hydrogens is 248 g/mol. The van der Waals surface area contributed by atoms with Gasteiger partial charge in [-0.05, 0) is 19.1 Å². The molecule has 3 N–H and O–H groups in total. The number of amides is 1. The number of carbonyl (C=O) groups is 1. The molecule has 1 unspecified atom stereocenters. The highest BCUT2D eigenvalue weighted by atomic mass is 32.1. The van der Waals surface area contributed by atoms with Crippen molar-refractivity contribution < 1.29 is 4.79 Å². The Bertz CT molecular complexity index is 526. The Kier molecular flexibility index (Phi) is 4.01. The van der Waals surface area contributed by atoms with Crippen LogP contribution in [0.25, 0.3) is 10.7 Å². The predicted molar refractivity (Wildman–Crippen MR) is 70.8 cm³/mol. The number of hydrogen-bond acceptors (Lipinski definition) is 5. The molecule has 0 aromatic carbocycles. The molecule has 2 heterocycles. The minimum atomic E-state index is -0.366. The van der Waals surface area contributed by atoms with Crippen molar-refractivity contribution in [2.75, 3.05) is 0 Å². The highest BCUT2D eigenvalue weighted by molar-refractivity contribution is 7.13. The molecule has 2 rings (SSSR count). The maximum Gasteiger partial charge on any atom is 0.234 e. The average Bonchev–Trinajstić information content (AvgIpc) is 2.85. The van der Waals surface area contributed by atoms with Crippen molar-refractivity contribution in [3.8, 4) is 10.7 Å². The van der Waals surface area contributed by atoms with E-state index in [1.807, 2.05) is 23.6 Å². The molecule has 5 nitrogen and oxygen atoms in total. The number of thiazole rings is 1. The van der Waals surface area contributed by atoms with Crippen LogP contribution in [-0.2, 0) is 11.3 Å². The normalized spacial score (nSPS) is 12.3. The van der Waals surface area contributed by atoms with E-state index in [4.69, 9.17) is 5.73 Å². The van der Waals surface area contributed by atoms with Gasteiger partial charge < -0.3 is 11.1 Å². The second-order valence-electron chi connectivity index (χ2n) is 3.86. The lowest BCUT2D eigenvalue weighted by atomic mass is 10.3. The first-order chi connectivity index (χ1) is 8.66. The molecule has 0 bridgehead atoms. The van der Waals surface area contributed by atoms with Gasteiger partial charge in [0.15, 0.2) is 0 Å². The quantitative estimate of drug-likeness (QED) is 0.847. The van der Waals surface area contributed by atoms with Crippen LogP contribution in [0, 0.1) is 0 Å². The Labute approximate surface area is 109 Å². The molecule has 0 aliphatic rings. The third-order valence-electron chi connectivity index (χ3n) is 2.45. The van der Waals surface area contributed by atoms with Crippen molar-refractivity contribution >= 4 is 17.2 Å². The fourth-order valence-corrected chi connectivity index (χ4v) is 2.15. The monoisotopic (exact) mass is 262 g/mol. The number of nitrogens with zero attached hydrogens (tertiary/aromatic N) is 2. The Morgan fingerprint density at radius 3 is 3.06 bits per heavy atom. The van der Waals surface area contributed by atoms with Gasteiger partial charge >= 0.3 is 0 Å². The lowest BCUT2D eigenvalue weighted by Crippen LogP contribution is -2.38. The summed E-state index contributed by atoms with van der Waals surface area (Å²) < 4.78 is 0. The molecule has 18 heavy (non-hydrogen) atoms. The highest BCUT2D eigenvalue weighted by Crippen LogP contribution is 2.21. The fourth-order valence-electron chi connectivity index (χ4n) is 1.35. The molecule has 0 radical (unpaired) electrons. The second-order valence-corrected chi connectivity index (χ2v) is 4.72. The van der Waals surface area contributed by atoms with Gasteiger partial charge in [0.05, 0.1) is 17.4 Å². The Balaban J connectivity index is 2.01. The van der Waals surface area contributed by atoms with Gasteiger partial charge in [0.2, 0.25) is 5.91 Å². The van der Waals surface area contributed by atoms with Gasteiger partial charge in [0.1, 0.15) is 5.01 Å². The Hall–Kier alpha value is -1.79. The molecule has 6 heteroatoms. The van der Waals surface area contributed by atoms with Crippen LogP contribution in [0.5, 0.6) is 0 Å². The van der Waals surface area contributed by atoms with E-state index in [-0.39, 0.29) is 11.9 Å². The molecule has 94 valence electrons. The number of primary amides is 1. The molecule has 1 atom stereocenters. The van der Waals surface area contributed by atoms with Crippen molar-refractivity contribution in [3.63, 3.8) is 0 Å². The zero-order valence-corrected chi connectivity index (χ0v) is 10.8. The van der Waals surface area contributed by atoms with Crippen LogP contribution in [0.3, 0.4) is 0 Å². The summed E-state index contributed by atoms with van der Waals surface area (Å²) in [4.78, 5) is 19.6. The maximum atomic E-state index is 10.9. The number of pyridine rings is 1. The second kappa shape index (κ2) is 5.70. The van der Waals surface area contributed by atoms with Gasteiger partial charge in [-0.2, -0.15) is 0 Å². The summed E-state index contributed by atoms with van der Waals surface area (Å²) in [5, 5.41) is 5.84. The van der Waals surface area contributed by atoms with Crippen LogP contribution in [0.4, 0.5) is 0 Å². The Morgan fingerprint density at radius 2 is 2.39 bits per heavy atom.